The molecule has 0 saturated carbocycles. The molecule has 0 atom stereocenters. The third-order valence-electron chi connectivity index (χ3n) is 2.45. The topological polar surface area (TPSA) is 35.8 Å². The fourth-order valence-corrected chi connectivity index (χ4v) is 2.01. The third-order valence-corrected chi connectivity index (χ3v) is 3.17. The van der Waals surface area contributed by atoms with Crippen LogP contribution in [0.15, 0.2) is 47.4 Å². The van der Waals surface area contributed by atoms with Crippen molar-refractivity contribution in [3.8, 4) is 6.07 Å². The Kier molecular flexibility index (Phi) is 3.85. The Morgan fingerprint density at radius 1 is 1.17 bits per heavy atom. The molecule has 0 spiro atoms. The Balaban J connectivity index is 2.23. The van der Waals surface area contributed by atoms with Crippen LogP contribution in [0.4, 0.5) is 15.8 Å². The second-order valence-electron chi connectivity index (χ2n) is 3.66. The van der Waals surface area contributed by atoms with Gasteiger partial charge in [-0.3, -0.25) is 0 Å². The summed E-state index contributed by atoms with van der Waals surface area (Å²) in [5.74, 6) is -0.511. The summed E-state index contributed by atoms with van der Waals surface area (Å²) in [6.45, 7) is 0. The number of anilines is 2. The molecule has 0 radical (unpaired) electrons. The number of hydrogen-bond donors (Lipinski definition) is 1. The standard InChI is InChI=1S/C14H11FN2S/c1-18-13-4-2-3-11(7-13)17-12-6-5-10(9-16)14(15)8-12/h2-8,17H,1H3. The molecule has 0 heterocycles. The molecule has 1 N–H and O–H groups in total. The Bertz CT molecular complexity index is 605. The van der Waals surface area contributed by atoms with Gasteiger partial charge in [-0.25, -0.2) is 4.39 Å². The third kappa shape index (κ3) is 2.82. The van der Waals surface area contributed by atoms with Crippen molar-refractivity contribution in [1.29, 1.82) is 5.26 Å². The van der Waals surface area contributed by atoms with E-state index in [1.807, 2.05) is 30.5 Å². The molecule has 18 heavy (non-hydrogen) atoms. The predicted molar refractivity (Wildman–Crippen MR) is 72.6 cm³/mol. The van der Waals surface area contributed by atoms with Gasteiger partial charge in [-0.1, -0.05) is 6.07 Å². The molecule has 2 nitrogen and oxygen atoms in total. The molecule has 0 fully saturated rings. The summed E-state index contributed by atoms with van der Waals surface area (Å²) in [6.07, 6.45) is 2.00. The van der Waals surface area contributed by atoms with Crippen LogP contribution in [0.25, 0.3) is 0 Å². The SMILES string of the molecule is CSc1cccc(Nc2ccc(C#N)c(F)c2)c1. The van der Waals surface area contributed by atoms with E-state index >= 15 is 0 Å². The van der Waals surface area contributed by atoms with Gasteiger partial charge >= 0.3 is 0 Å². The normalized spacial score (nSPS) is 9.83. The minimum atomic E-state index is -0.511. The minimum Gasteiger partial charge on any atom is -0.355 e. The van der Waals surface area contributed by atoms with Gasteiger partial charge in [-0.05, 0) is 42.7 Å². The summed E-state index contributed by atoms with van der Waals surface area (Å²) < 4.78 is 13.4. The molecule has 0 aliphatic rings. The number of nitrogens with one attached hydrogen (secondary N) is 1. The first-order valence-electron chi connectivity index (χ1n) is 5.33. The molecule has 2 aromatic rings. The maximum atomic E-state index is 13.4. The highest BCUT2D eigenvalue weighted by Crippen LogP contribution is 2.23. The predicted octanol–water partition coefficient (Wildman–Crippen LogP) is 4.16. The highest BCUT2D eigenvalue weighted by Gasteiger charge is 2.03. The van der Waals surface area contributed by atoms with E-state index < -0.39 is 5.82 Å². The van der Waals surface area contributed by atoms with E-state index in [-0.39, 0.29) is 5.56 Å². The lowest BCUT2D eigenvalue weighted by Gasteiger charge is -2.08. The number of thioether (sulfide) groups is 1. The molecule has 0 unspecified atom stereocenters. The zero-order valence-electron chi connectivity index (χ0n) is 9.77. The number of benzene rings is 2. The molecule has 0 aliphatic heterocycles. The number of nitrogens with zero attached hydrogens (tertiary/aromatic N) is 1. The van der Waals surface area contributed by atoms with Gasteiger partial charge in [0.1, 0.15) is 11.9 Å². The monoisotopic (exact) mass is 258 g/mol. The van der Waals surface area contributed by atoms with Gasteiger partial charge in [0.05, 0.1) is 5.56 Å². The molecule has 0 amide bonds. The summed E-state index contributed by atoms with van der Waals surface area (Å²) in [6, 6.07) is 14.1. The Hall–Kier alpha value is -1.99. The van der Waals surface area contributed by atoms with Crippen LogP contribution in [-0.2, 0) is 0 Å². The van der Waals surface area contributed by atoms with Gasteiger partial charge in [-0.2, -0.15) is 5.26 Å². The van der Waals surface area contributed by atoms with Crippen LogP contribution < -0.4 is 5.32 Å². The van der Waals surface area contributed by atoms with Gasteiger partial charge in [0.15, 0.2) is 0 Å². The van der Waals surface area contributed by atoms with E-state index in [1.54, 1.807) is 23.9 Å². The number of hydrogen-bond acceptors (Lipinski definition) is 3. The fourth-order valence-electron chi connectivity index (χ4n) is 1.55. The first kappa shape index (κ1) is 12.5. The molecular weight excluding hydrogens is 247 g/mol. The maximum absolute atomic E-state index is 13.4. The first-order chi connectivity index (χ1) is 8.72. The van der Waals surface area contributed by atoms with Crippen LogP contribution in [0.3, 0.4) is 0 Å². The molecule has 0 bridgehead atoms. The Morgan fingerprint density at radius 3 is 2.61 bits per heavy atom. The largest absolute Gasteiger partial charge is 0.355 e. The maximum Gasteiger partial charge on any atom is 0.143 e. The number of rotatable bonds is 3. The lowest BCUT2D eigenvalue weighted by atomic mass is 10.2. The van der Waals surface area contributed by atoms with Crippen LogP contribution in [0.2, 0.25) is 0 Å². The van der Waals surface area contributed by atoms with Crippen LogP contribution in [-0.4, -0.2) is 6.26 Å². The zero-order chi connectivity index (χ0) is 13.0. The van der Waals surface area contributed by atoms with Crippen molar-refractivity contribution < 1.29 is 4.39 Å². The molecule has 90 valence electrons. The van der Waals surface area contributed by atoms with Crippen LogP contribution in [0.1, 0.15) is 5.56 Å². The van der Waals surface area contributed by atoms with E-state index in [1.165, 1.54) is 12.1 Å². The van der Waals surface area contributed by atoms with Crippen molar-refractivity contribution in [2.75, 3.05) is 11.6 Å². The van der Waals surface area contributed by atoms with Crippen LogP contribution in [0.5, 0.6) is 0 Å². The van der Waals surface area contributed by atoms with Gasteiger partial charge in [0, 0.05) is 16.3 Å². The van der Waals surface area contributed by atoms with Gasteiger partial charge < -0.3 is 5.32 Å². The van der Waals surface area contributed by atoms with E-state index in [0.29, 0.717) is 5.69 Å². The molecule has 4 heteroatoms. The quantitative estimate of drug-likeness (QED) is 0.839. The Morgan fingerprint density at radius 2 is 1.94 bits per heavy atom. The molecule has 2 aromatic carbocycles. The molecule has 0 saturated heterocycles. The first-order valence-corrected chi connectivity index (χ1v) is 6.56. The summed E-state index contributed by atoms with van der Waals surface area (Å²) in [4.78, 5) is 1.13. The van der Waals surface area contributed by atoms with Gasteiger partial charge in [0.25, 0.3) is 0 Å². The average Bonchev–Trinajstić information content (AvgIpc) is 2.39. The lowest BCUT2D eigenvalue weighted by molar-refractivity contribution is 0.624. The van der Waals surface area contributed by atoms with E-state index in [4.69, 9.17) is 5.26 Å². The van der Waals surface area contributed by atoms with Crippen molar-refractivity contribution in [1.82, 2.24) is 0 Å². The lowest BCUT2D eigenvalue weighted by Crippen LogP contribution is -1.92. The number of nitriles is 1. The summed E-state index contributed by atoms with van der Waals surface area (Å²) >= 11 is 1.65. The van der Waals surface area contributed by atoms with Crippen molar-refractivity contribution in [3.63, 3.8) is 0 Å². The highest BCUT2D eigenvalue weighted by atomic mass is 32.2. The van der Waals surface area contributed by atoms with Gasteiger partial charge in [-0.15, -0.1) is 11.8 Å². The van der Waals surface area contributed by atoms with Crippen molar-refractivity contribution in [2.24, 2.45) is 0 Å². The number of halogens is 1. The molecule has 0 aliphatic carbocycles. The highest BCUT2D eigenvalue weighted by molar-refractivity contribution is 7.98. The van der Waals surface area contributed by atoms with E-state index in [9.17, 15) is 4.39 Å². The second-order valence-corrected chi connectivity index (χ2v) is 4.54. The van der Waals surface area contributed by atoms with Crippen molar-refractivity contribution >= 4 is 23.1 Å². The summed E-state index contributed by atoms with van der Waals surface area (Å²) in [5.41, 5.74) is 1.58. The van der Waals surface area contributed by atoms with E-state index in [0.717, 1.165) is 10.6 Å². The van der Waals surface area contributed by atoms with Crippen molar-refractivity contribution in [3.05, 3.63) is 53.8 Å². The van der Waals surface area contributed by atoms with Crippen molar-refractivity contribution in [2.45, 2.75) is 4.90 Å². The van der Waals surface area contributed by atoms with Crippen LogP contribution in [0, 0.1) is 17.1 Å². The zero-order valence-corrected chi connectivity index (χ0v) is 10.6. The molecule has 2 rings (SSSR count). The molecule has 0 aromatic heterocycles. The molecular formula is C14H11FN2S. The average molecular weight is 258 g/mol. The minimum absolute atomic E-state index is 0.0541. The van der Waals surface area contributed by atoms with Gasteiger partial charge in [0.2, 0.25) is 0 Å². The van der Waals surface area contributed by atoms with E-state index in [2.05, 4.69) is 5.32 Å². The Labute approximate surface area is 109 Å². The fraction of sp³-hybridized carbons (Fsp3) is 0.0714. The smallest absolute Gasteiger partial charge is 0.143 e. The van der Waals surface area contributed by atoms with Crippen LogP contribution >= 0.6 is 11.8 Å². The summed E-state index contributed by atoms with van der Waals surface area (Å²) in [5, 5.41) is 11.8. The summed E-state index contributed by atoms with van der Waals surface area (Å²) in [7, 11) is 0. The second kappa shape index (κ2) is 5.56.